The molecule has 8 nitrogen and oxygen atoms in total. The number of ether oxygens (including phenoxy) is 2. The van der Waals surface area contributed by atoms with Crippen LogP contribution in [0.15, 0.2) is 59.1 Å². The molecule has 2 aromatic carbocycles. The number of aromatic nitrogens is 1. The Labute approximate surface area is 161 Å². The summed E-state index contributed by atoms with van der Waals surface area (Å²) in [6.45, 7) is -0.0963. The molecule has 0 aliphatic heterocycles. The number of rotatable bonds is 7. The van der Waals surface area contributed by atoms with Gasteiger partial charge in [-0.2, -0.15) is 0 Å². The fourth-order valence-electron chi connectivity index (χ4n) is 2.52. The maximum absolute atomic E-state index is 12.5. The Morgan fingerprint density at radius 2 is 1.82 bits per heavy atom. The van der Waals surface area contributed by atoms with Gasteiger partial charge in [0.1, 0.15) is 12.4 Å². The van der Waals surface area contributed by atoms with E-state index in [1.54, 1.807) is 24.3 Å². The van der Waals surface area contributed by atoms with Crippen LogP contribution in [0.4, 0.5) is 11.4 Å². The summed E-state index contributed by atoms with van der Waals surface area (Å²) in [4.78, 5) is 24.2. The number of hydrogen-bond acceptors (Lipinski definition) is 6. The van der Waals surface area contributed by atoms with Crippen molar-refractivity contribution in [3.05, 3.63) is 60.3 Å². The van der Waals surface area contributed by atoms with Crippen molar-refractivity contribution in [3.8, 4) is 17.1 Å². The largest absolute Gasteiger partial charge is 0.495 e. The second-order valence-electron chi connectivity index (χ2n) is 5.79. The Morgan fingerprint density at radius 3 is 2.54 bits per heavy atom. The Hall–Kier alpha value is -3.65. The van der Waals surface area contributed by atoms with Gasteiger partial charge in [-0.3, -0.25) is 9.59 Å². The van der Waals surface area contributed by atoms with Crippen molar-refractivity contribution in [2.45, 2.75) is 0 Å². The Balaban J connectivity index is 1.75. The van der Waals surface area contributed by atoms with Gasteiger partial charge in [-0.05, 0) is 18.2 Å². The van der Waals surface area contributed by atoms with Crippen molar-refractivity contribution in [3.63, 3.8) is 0 Å². The summed E-state index contributed by atoms with van der Waals surface area (Å²) in [6, 6.07) is 15.8. The quantitative estimate of drug-likeness (QED) is 0.652. The van der Waals surface area contributed by atoms with Crippen LogP contribution in [0.3, 0.4) is 0 Å². The Bertz CT molecular complexity index is 969. The molecule has 0 atom stereocenters. The molecule has 0 unspecified atom stereocenters. The average molecular weight is 381 g/mol. The SMILES string of the molecule is COCC(=O)Nc1cc(NC(=O)c2cc(-c3ccccc3)on2)ccc1OC. The first kappa shape index (κ1) is 19.1. The number of methoxy groups -OCH3 is 2. The summed E-state index contributed by atoms with van der Waals surface area (Å²) in [6.07, 6.45) is 0. The molecule has 144 valence electrons. The summed E-state index contributed by atoms with van der Waals surface area (Å²) >= 11 is 0. The van der Waals surface area contributed by atoms with E-state index in [-0.39, 0.29) is 18.2 Å². The van der Waals surface area contributed by atoms with Crippen molar-refractivity contribution in [1.82, 2.24) is 5.16 Å². The van der Waals surface area contributed by atoms with Gasteiger partial charge in [0.05, 0.1) is 12.8 Å². The molecule has 0 saturated carbocycles. The van der Waals surface area contributed by atoms with Crippen molar-refractivity contribution in [2.24, 2.45) is 0 Å². The monoisotopic (exact) mass is 381 g/mol. The fourth-order valence-corrected chi connectivity index (χ4v) is 2.52. The normalized spacial score (nSPS) is 10.4. The highest BCUT2D eigenvalue weighted by molar-refractivity contribution is 6.04. The van der Waals surface area contributed by atoms with Crippen molar-refractivity contribution >= 4 is 23.2 Å². The third-order valence-electron chi connectivity index (χ3n) is 3.81. The van der Waals surface area contributed by atoms with E-state index in [4.69, 9.17) is 14.0 Å². The van der Waals surface area contributed by atoms with E-state index in [2.05, 4.69) is 15.8 Å². The maximum Gasteiger partial charge on any atom is 0.277 e. The zero-order valence-corrected chi connectivity index (χ0v) is 15.4. The lowest BCUT2D eigenvalue weighted by molar-refractivity contribution is -0.119. The first-order chi connectivity index (χ1) is 13.6. The number of benzene rings is 2. The van der Waals surface area contributed by atoms with Gasteiger partial charge in [0.2, 0.25) is 5.91 Å². The summed E-state index contributed by atoms with van der Waals surface area (Å²) in [7, 11) is 2.91. The second-order valence-corrected chi connectivity index (χ2v) is 5.79. The number of carbonyl (C=O) groups excluding carboxylic acids is 2. The van der Waals surface area contributed by atoms with E-state index >= 15 is 0 Å². The Kier molecular flexibility index (Phi) is 6.03. The summed E-state index contributed by atoms with van der Waals surface area (Å²) in [5, 5.41) is 9.21. The Morgan fingerprint density at radius 1 is 1.04 bits per heavy atom. The highest BCUT2D eigenvalue weighted by atomic mass is 16.5. The molecule has 3 rings (SSSR count). The number of carbonyl (C=O) groups is 2. The molecule has 0 aliphatic carbocycles. The molecule has 8 heteroatoms. The van der Waals surface area contributed by atoms with Gasteiger partial charge in [-0.15, -0.1) is 0 Å². The van der Waals surface area contributed by atoms with Crippen LogP contribution in [0.1, 0.15) is 10.5 Å². The van der Waals surface area contributed by atoms with Crippen molar-refractivity contribution in [1.29, 1.82) is 0 Å². The molecule has 0 bridgehead atoms. The molecule has 28 heavy (non-hydrogen) atoms. The fraction of sp³-hybridized carbons (Fsp3) is 0.150. The molecule has 0 saturated heterocycles. The van der Waals surface area contributed by atoms with Crippen LogP contribution in [0.25, 0.3) is 11.3 Å². The highest BCUT2D eigenvalue weighted by Gasteiger charge is 2.15. The van der Waals surface area contributed by atoms with Crippen LogP contribution < -0.4 is 15.4 Å². The van der Waals surface area contributed by atoms with Gasteiger partial charge >= 0.3 is 0 Å². The molecule has 1 heterocycles. The van der Waals surface area contributed by atoms with Gasteiger partial charge in [0.25, 0.3) is 5.91 Å². The molecule has 0 spiro atoms. The standard InChI is InChI=1S/C20H19N3O5/c1-26-12-19(24)22-15-10-14(8-9-17(15)27-2)21-20(25)16-11-18(28-23-16)13-6-4-3-5-7-13/h3-11H,12H2,1-2H3,(H,21,25)(H,22,24). The summed E-state index contributed by atoms with van der Waals surface area (Å²) in [5.41, 5.74) is 1.83. The van der Waals surface area contributed by atoms with Gasteiger partial charge < -0.3 is 24.6 Å². The van der Waals surface area contributed by atoms with Gasteiger partial charge in [0.15, 0.2) is 11.5 Å². The number of hydrogen-bond donors (Lipinski definition) is 2. The van der Waals surface area contributed by atoms with E-state index < -0.39 is 5.91 Å². The molecule has 2 N–H and O–H groups in total. The van der Waals surface area contributed by atoms with Crippen LogP contribution in [0, 0.1) is 0 Å². The second kappa shape index (κ2) is 8.83. The van der Waals surface area contributed by atoms with E-state index in [0.717, 1.165) is 5.56 Å². The zero-order chi connectivity index (χ0) is 19.9. The van der Waals surface area contributed by atoms with E-state index in [1.807, 2.05) is 30.3 Å². The zero-order valence-electron chi connectivity index (χ0n) is 15.4. The number of amides is 2. The highest BCUT2D eigenvalue weighted by Crippen LogP contribution is 2.28. The van der Waals surface area contributed by atoms with Crippen LogP contribution in [-0.2, 0) is 9.53 Å². The van der Waals surface area contributed by atoms with Crippen molar-refractivity contribution in [2.75, 3.05) is 31.5 Å². The first-order valence-electron chi connectivity index (χ1n) is 8.41. The van der Waals surface area contributed by atoms with E-state index in [1.165, 1.54) is 14.2 Å². The average Bonchev–Trinajstić information content (AvgIpc) is 3.19. The van der Waals surface area contributed by atoms with Gasteiger partial charge in [0, 0.05) is 24.4 Å². The molecule has 3 aromatic rings. The molecular weight excluding hydrogens is 362 g/mol. The number of nitrogens with one attached hydrogen (secondary N) is 2. The molecule has 0 aliphatic rings. The molecule has 2 amide bonds. The predicted octanol–water partition coefficient (Wildman–Crippen LogP) is 3.19. The molecule has 1 aromatic heterocycles. The summed E-state index contributed by atoms with van der Waals surface area (Å²) < 4.78 is 15.3. The van der Waals surface area contributed by atoms with Crippen LogP contribution >= 0.6 is 0 Å². The smallest absolute Gasteiger partial charge is 0.277 e. The first-order valence-corrected chi connectivity index (χ1v) is 8.41. The molecule has 0 radical (unpaired) electrons. The minimum absolute atomic E-state index is 0.0963. The summed E-state index contributed by atoms with van der Waals surface area (Å²) in [5.74, 6) is 0.168. The van der Waals surface area contributed by atoms with Gasteiger partial charge in [-0.1, -0.05) is 35.5 Å². The molecule has 0 fully saturated rings. The van der Waals surface area contributed by atoms with Crippen LogP contribution in [0.5, 0.6) is 5.75 Å². The number of nitrogens with zero attached hydrogens (tertiary/aromatic N) is 1. The van der Waals surface area contributed by atoms with Gasteiger partial charge in [-0.25, -0.2) is 0 Å². The lowest BCUT2D eigenvalue weighted by Crippen LogP contribution is -2.18. The lowest BCUT2D eigenvalue weighted by atomic mass is 10.1. The topological polar surface area (TPSA) is 103 Å². The minimum Gasteiger partial charge on any atom is -0.495 e. The lowest BCUT2D eigenvalue weighted by Gasteiger charge is -2.12. The van der Waals surface area contributed by atoms with Crippen LogP contribution in [-0.4, -0.2) is 37.8 Å². The van der Waals surface area contributed by atoms with Crippen molar-refractivity contribution < 1.29 is 23.6 Å². The third kappa shape index (κ3) is 4.54. The van der Waals surface area contributed by atoms with E-state index in [9.17, 15) is 9.59 Å². The maximum atomic E-state index is 12.5. The van der Waals surface area contributed by atoms with Crippen LogP contribution in [0.2, 0.25) is 0 Å². The number of anilines is 2. The third-order valence-corrected chi connectivity index (χ3v) is 3.81. The predicted molar refractivity (Wildman–Crippen MR) is 103 cm³/mol. The minimum atomic E-state index is -0.440. The van der Waals surface area contributed by atoms with E-state index in [0.29, 0.717) is 22.9 Å². The molecular formula is C20H19N3O5.